The number of aromatic nitrogens is 2. The molecule has 110 valence electrons. The zero-order chi connectivity index (χ0) is 14.1. The van der Waals surface area contributed by atoms with E-state index in [0.29, 0.717) is 10.9 Å². The van der Waals surface area contributed by atoms with E-state index in [4.69, 9.17) is 17.0 Å². The van der Waals surface area contributed by atoms with Gasteiger partial charge in [-0.15, -0.1) is 11.3 Å². The average molecular weight is 320 g/mol. The van der Waals surface area contributed by atoms with E-state index >= 15 is 0 Å². The van der Waals surface area contributed by atoms with Crippen LogP contribution >= 0.6 is 23.6 Å². The summed E-state index contributed by atoms with van der Waals surface area (Å²) in [7, 11) is 0. The normalized spacial score (nSPS) is 30.4. The molecule has 2 bridgehead atoms. The second-order valence-electron chi connectivity index (χ2n) is 6.34. The van der Waals surface area contributed by atoms with Crippen LogP contribution in [0.2, 0.25) is 0 Å². The number of H-pyrrole nitrogens is 1. The second-order valence-corrected chi connectivity index (χ2v) is 7.84. The summed E-state index contributed by atoms with van der Waals surface area (Å²) in [6.07, 6.45) is 6.91. The molecular formula is C15H16N2O2S2. The summed E-state index contributed by atoms with van der Waals surface area (Å²) in [5.74, 6) is 0. The molecule has 1 aliphatic carbocycles. The van der Waals surface area contributed by atoms with Gasteiger partial charge in [-0.3, -0.25) is 9.36 Å². The van der Waals surface area contributed by atoms with E-state index in [9.17, 15) is 4.79 Å². The number of ether oxygens (including phenoxy) is 1. The highest BCUT2D eigenvalue weighted by molar-refractivity contribution is 7.71. The van der Waals surface area contributed by atoms with E-state index in [1.54, 1.807) is 11.3 Å². The Morgan fingerprint density at radius 1 is 1.33 bits per heavy atom. The fourth-order valence-electron chi connectivity index (χ4n) is 4.27. The SMILES string of the molecule is O=c1c2c3c(sc2[nH]c(=S)n1C1CC2CCC1O2)CCC3. The first-order chi connectivity index (χ1) is 10.2. The topological polar surface area (TPSA) is 47.0 Å². The molecule has 2 aromatic rings. The van der Waals surface area contributed by atoms with Gasteiger partial charge in [-0.25, -0.2) is 0 Å². The Morgan fingerprint density at radius 2 is 2.24 bits per heavy atom. The second kappa shape index (κ2) is 4.27. The van der Waals surface area contributed by atoms with Crippen molar-refractivity contribution in [2.45, 2.75) is 56.8 Å². The maximum absolute atomic E-state index is 13.1. The molecule has 3 unspecified atom stereocenters. The van der Waals surface area contributed by atoms with Gasteiger partial charge < -0.3 is 9.72 Å². The van der Waals surface area contributed by atoms with Gasteiger partial charge in [-0.1, -0.05) is 0 Å². The number of aryl methyl sites for hydroxylation is 2. The van der Waals surface area contributed by atoms with Gasteiger partial charge in [0.2, 0.25) is 0 Å². The lowest BCUT2D eigenvalue weighted by atomic mass is 9.95. The van der Waals surface area contributed by atoms with Crippen molar-refractivity contribution >= 4 is 33.8 Å². The molecule has 2 fully saturated rings. The molecule has 3 aliphatic rings. The Morgan fingerprint density at radius 3 is 3.00 bits per heavy atom. The Hall–Kier alpha value is -0.980. The lowest BCUT2D eigenvalue weighted by molar-refractivity contribution is 0.0931. The van der Waals surface area contributed by atoms with Crippen molar-refractivity contribution in [3.8, 4) is 0 Å². The summed E-state index contributed by atoms with van der Waals surface area (Å²) in [6.45, 7) is 0. The van der Waals surface area contributed by atoms with Crippen LogP contribution in [0, 0.1) is 4.77 Å². The van der Waals surface area contributed by atoms with Crippen LogP contribution in [0.15, 0.2) is 4.79 Å². The van der Waals surface area contributed by atoms with Crippen LogP contribution in [-0.4, -0.2) is 21.8 Å². The summed E-state index contributed by atoms with van der Waals surface area (Å²) in [6, 6.07) is 0.126. The van der Waals surface area contributed by atoms with Gasteiger partial charge in [0, 0.05) is 4.88 Å². The molecule has 0 aromatic carbocycles. The lowest BCUT2D eigenvalue weighted by Crippen LogP contribution is -2.32. The van der Waals surface area contributed by atoms with Gasteiger partial charge in [0.15, 0.2) is 4.77 Å². The third-order valence-corrected chi connectivity index (χ3v) is 6.70. The summed E-state index contributed by atoms with van der Waals surface area (Å²) >= 11 is 7.20. The molecule has 2 aliphatic heterocycles. The van der Waals surface area contributed by atoms with E-state index in [2.05, 4.69) is 4.98 Å². The minimum absolute atomic E-state index is 0.106. The summed E-state index contributed by atoms with van der Waals surface area (Å²) in [5, 5.41) is 0.892. The highest BCUT2D eigenvalue weighted by Gasteiger charge is 2.42. The smallest absolute Gasteiger partial charge is 0.263 e. The number of aromatic amines is 1. The lowest BCUT2D eigenvalue weighted by Gasteiger charge is -2.21. The van der Waals surface area contributed by atoms with Crippen LogP contribution < -0.4 is 5.56 Å². The van der Waals surface area contributed by atoms with Crippen LogP contribution in [-0.2, 0) is 17.6 Å². The first-order valence-electron chi connectivity index (χ1n) is 7.67. The Labute approximate surface area is 130 Å². The average Bonchev–Trinajstić information content (AvgIpc) is 3.16. The van der Waals surface area contributed by atoms with Crippen LogP contribution in [0.1, 0.15) is 42.2 Å². The van der Waals surface area contributed by atoms with Gasteiger partial charge in [-0.2, -0.15) is 0 Å². The Balaban J connectivity index is 1.77. The number of nitrogens with zero attached hydrogens (tertiary/aromatic N) is 1. The van der Waals surface area contributed by atoms with Crippen molar-refractivity contribution in [1.29, 1.82) is 0 Å². The fourth-order valence-corrected chi connectivity index (χ4v) is 5.94. The molecule has 0 spiro atoms. The van der Waals surface area contributed by atoms with Gasteiger partial charge in [0.1, 0.15) is 4.83 Å². The van der Waals surface area contributed by atoms with E-state index in [-0.39, 0.29) is 17.7 Å². The van der Waals surface area contributed by atoms with E-state index in [1.165, 1.54) is 16.9 Å². The molecule has 21 heavy (non-hydrogen) atoms. The minimum Gasteiger partial charge on any atom is -0.373 e. The molecule has 2 saturated heterocycles. The number of fused-ring (bicyclic) bond motifs is 5. The molecule has 3 atom stereocenters. The third-order valence-electron chi connectivity index (χ3n) is 5.20. The molecule has 2 aromatic heterocycles. The van der Waals surface area contributed by atoms with Gasteiger partial charge in [0.25, 0.3) is 5.56 Å². The monoisotopic (exact) mass is 320 g/mol. The van der Waals surface area contributed by atoms with Crippen molar-refractivity contribution in [3.63, 3.8) is 0 Å². The van der Waals surface area contributed by atoms with Crippen molar-refractivity contribution in [1.82, 2.24) is 9.55 Å². The highest BCUT2D eigenvalue weighted by Crippen LogP contribution is 2.42. The number of hydrogen-bond acceptors (Lipinski definition) is 4. The molecular weight excluding hydrogens is 304 g/mol. The first kappa shape index (κ1) is 12.6. The largest absolute Gasteiger partial charge is 0.373 e. The predicted molar refractivity (Wildman–Crippen MR) is 84.8 cm³/mol. The molecule has 4 nitrogen and oxygen atoms in total. The van der Waals surface area contributed by atoms with E-state index < -0.39 is 0 Å². The molecule has 1 N–H and O–H groups in total. The van der Waals surface area contributed by atoms with Crippen molar-refractivity contribution < 1.29 is 4.74 Å². The summed E-state index contributed by atoms with van der Waals surface area (Å²) in [5.41, 5.74) is 1.37. The van der Waals surface area contributed by atoms with Crippen LogP contribution in [0.5, 0.6) is 0 Å². The Kier molecular flexibility index (Phi) is 2.55. The van der Waals surface area contributed by atoms with Crippen molar-refractivity contribution in [2.24, 2.45) is 0 Å². The zero-order valence-corrected chi connectivity index (χ0v) is 13.2. The number of thiophene rings is 1. The third kappa shape index (κ3) is 1.64. The van der Waals surface area contributed by atoms with Crippen LogP contribution in [0.4, 0.5) is 0 Å². The molecule has 5 rings (SSSR count). The number of hydrogen-bond donors (Lipinski definition) is 1. The maximum Gasteiger partial charge on any atom is 0.263 e. The number of rotatable bonds is 1. The predicted octanol–water partition coefficient (Wildman–Crippen LogP) is 3.10. The minimum atomic E-state index is 0.106. The van der Waals surface area contributed by atoms with Crippen molar-refractivity contribution in [3.05, 3.63) is 25.6 Å². The van der Waals surface area contributed by atoms with Gasteiger partial charge in [-0.05, 0) is 56.3 Å². The number of nitrogens with one attached hydrogen (secondary N) is 1. The molecule has 0 radical (unpaired) electrons. The fraction of sp³-hybridized carbons (Fsp3) is 0.600. The first-order valence-corrected chi connectivity index (χ1v) is 8.89. The van der Waals surface area contributed by atoms with Crippen molar-refractivity contribution in [2.75, 3.05) is 0 Å². The highest BCUT2D eigenvalue weighted by atomic mass is 32.1. The van der Waals surface area contributed by atoms with E-state index in [1.807, 2.05) is 4.57 Å². The molecule has 4 heterocycles. The Bertz CT molecular complexity index is 863. The quantitative estimate of drug-likeness (QED) is 0.821. The van der Waals surface area contributed by atoms with E-state index in [0.717, 1.165) is 42.3 Å². The van der Waals surface area contributed by atoms with Crippen LogP contribution in [0.3, 0.4) is 0 Å². The molecule has 0 saturated carbocycles. The standard InChI is InChI=1S/C15H16N2O2S2/c18-14-12-8-2-1-3-11(8)21-13(12)16-15(20)17(14)9-6-7-4-5-10(9)19-7/h7,9-10H,1-6H2,(H,16,20). The maximum atomic E-state index is 13.1. The van der Waals surface area contributed by atoms with Crippen LogP contribution in [0.25, 0.3) is 10.2 Å². The summed E-state index contributed by atoms with van der Waals surface area (Å²) in [4.78, 5) is 18.7. The summed E-state index contributed by atoms with van der Waals surface area (Å²) < 4.78 is 8.29. The molecule has 6 heteroatoms. The zero-order valence-electron chi connectivity index (χ0n) is 11.6. The molecule has 0 amide bonds. The van der Waals surface area contributed by atoms with Gasteiger partial charge in [0.05, 0.1) is 23.6 Å². The van der Waals surface area contributed by atoms with Gasteiger partial charge >= 0.3 is 0 Å².